The summed E-state index contributed by atoms with van der Waals surface area (Å²) >= 11 is 0. The van der Waals surface area contributed by atoms with Gasteiger partial charge in [0.05, 0.1) is 11.0 Å². The van der Waals surface area contributed by atoms with Crippen molar-refractivity contribution < 1.29 is 14.8 Å². The first-order valence-corrected chi connectivity index (χ1v) is 6.64. The van der Waals surface area contributed by atoms with Gasteiger partial charge >= 0.3 is 11.8 Å². The van der Waals surface area contributed by atoms with E-state index in [1.165, 1.54) is 11.0 Å². The largest absolute Gasteiger partial charge is 0.465 e. The van der Waals surface area contributed by atoms with Crippen LogP contribution in [0.3, 0.4) is 0 Å². The number of carboxylic acid groups (broad SMARTS) is 1. The fourth-order valence-corrected chi connectivity index (χ4v) is 3.11. The summed E-state index contributed by atoms with van der Waals surface area (Å²) in [4.78, 5) is 28.9. The average Bonchev–Trinajstić information content (AvgIpc) is 2.47. The van der Waals surface area contributed by atoms with Crippen LogP contribution in [0.25, 0.3) is 0 Å². The first kappa shape index (κ1) is 13.4. The molecule has 3 saturated heterocycles. The number of amides is 1. The second-order valence-electron chi connectivity index (χ2n) is 5.30. The molecule has 2 atom stereocenters. The van der Waals surface area contributed by atoms with Gasteiger partial charge in [-0.25, -0.2) is 9.78 Å². The van der Waals surface area contributed by atoms with Crippen molar-refractivity contribution in [2.24, 2.45) is 0 Å². The number of nitrogen functional groups attached to an aromatic ring is 1. The highest BCUT2D eigenvalue weighted by molar-refractivity contribution is 5.67. The monoisotopic (exact) mass is 293 g/mol. The number of fused-ring (bicyclic) bond motifs is 3. The summed E-state index contributed by atoms with van der Waals surface area (Å²) in [6.45, 7) is 0.972. The van der Waals surface area contributed by atoms with E-state index in [0.717, 1.165) is 12.8 Å². The normalized spacial score (nSPS) is 24.2. The third-order valence-electron chi connectivity index (χ3n) is 4.15. The highest BCUT2D eigenvalue weighted by Crippen LogP contribution is 2.33. The van der Waals surface area contributed by atoms with E-state index < -0.39 is 11.0 Å². The van der Waals surface area contributed by atoms with E-state index in [1.807, 2.05) is 4.90 Å². The first-order chi connectivity index (χ1) is 9.97. The highest BCUT2D eigenvalue weighted by Gasteiger charge is 2.41. The lowest BCUT2D eigenvalue weighted by molar-refractivity contribution is -0.384. The molecule has 0 spiro atoms. The van der Waals surface area contributed by atoms with Crippen molar-refractivity contribution in [3.05, 3.63) is 22.2 Å². The number of nitrogens with zero attached hydrogens (tertiary/aromatic N) is 4. The number of anilines is 2. The summed E-state index contributed by atoms with van der Waals surface area (Å²) in [6.07, 6.45) is 0.809. The van der Waals surface area contributed by atoms with Crippen molar-refractivity contribution in [3.63, 3.8) is 0 Å². The van der Waals surface area contributed by atoms with Crippen molar-refractivity contribution in [1.82, 2.24) is 9.88 Å². The second kappa shape index (κ2) is 4.76. The standard InChI is InChI=1S/C12H15N5O4/c13-11-9(17(20)21)3-4-10(14-11)15-5-8-2-1-7(15)6-16(8)12(18)19/h3-4,7-8H,1-2,5-6H2,(H2,13,14)(H,18,19)/t7-,8-/m1/s1. The molecule has 3 N–H and O–H groups in total. The number of nitrogens with two attached hydrogens (primary N) is 1. The van der Waals surface area contributed by atoms with Crippen LogP contribution < -0.4 is 10.6 Å². The highest BCUT2D eigenvalue weighted by atomic mass is 16.6. The summed E-state index contributed by atoms with van der Waals surface area (Å²) in [7, 11) is 0. The van der Waals surface area contributed by atoms with E-state index in [0.29, 0.717) is 18.9 Å². The Hall–Kier alpha value is -2.58. The van der Waals surface area contributed by atoms with Crippen LogP contribution in [0, 0.1) is 10.1 Å². The fourth-order valence-electron chi connectivity index (χ4n) is 3.11. The molecule has 0 radical (unpaired) electrons. The molecule has 21 heavy (non-hydrogen) atoms. The number of aromatic nitrogens is 1. The van der Waals surface area contributed by atoms with Gasteiger partial charge in [0.25, 0.3) is 0 Å². The minimum atomic E-state index is -0.902. The minimum Gasteiger partial charge on any atom is -0.465 e. The number of carbonyl (C=O) groups is 1. The number of piperidine rings is 2. The molecule has 1 amide bonds. The minimum absolute atomic E-state index is 0.0412. The molecule has 112 valence electrons. The molecule has 0 saturated carbocycles. The molecular formula is C12H15N5O4. The van der Waals surface area contributed by atoms with E-state index in [1.54, 1.807) is 6.07 Å². The Bertz CT molecular complexity index is 607. The molecule has 0 aliphatic carbocycles. The van der Waals surface area contributed by atoms with Crippen molar-refractivity contribution in [3.8, 4) is 0 Å². The van der Waals surface area contributed by atoms with Gasteiger partial charge in [-0.2, -0.15) is 0 Å². The van der Waals surface area contributed by atoms with Crippen LogP contribution in [-0.2, 0) is 0 Å². The number of nitro groups is 1. The zero-order valence-electron chi connectivity index (χ0n) is 11.2. The van der Waals surface area contributed by atoms with E-state index >= 15 is 0 Å². The molecule has 3 aliphatic heterocycles. The maximum atomic E-state index is 11.2. The lowest BCUT2D eigenvalue weighted by Crippen LogP contribution is -2.64. The lowest BCUT2D eigenvalue weighted by Gasteiger charge is -2.50. The number of pyridine rings is 1. The van der Waals surface area contributed by atoms with E-state index in [2.05, 4.69) is 4.98 Å². The van der Waals surface area contributed by atoms with Crippen LogP contribution in [0.1, 0.15) is 12.8 Å². The average molecular weight is 293 g/mol. The summed E-state index contributed by atoms with van der Waals surface area (Å²) in [5.41, 5.74) is 5.40. The second-order valence-corrected chi connectivity index (χ2v) is 5.30. The Labute approximate surface area is 120 Å². The summed E-state index contributed by atoms with van der Waals surface area (Å²) in [6, 6.07) is 2.89. The summed E-state index contributed by atoms with van der Waals surface area (Å²) in [5.74, 6) is 0.451. The topological polar surface area (TPSA) is 126 Å². The molecule has 4 heterocycles. The predicted octanol–water partition coefficient (Wildman–Crippen LogP) is 0.903. The van der Waals surface area contributed by atoms with Crippen LogP contribution in [0.15, 0.2) is 12.1 Å². The lowest BCUT2D eigenvalue weighted by atomic mass is 9.91. The molecule has 9 heteroatoms. The van der Waals surface area contributed by atoms with Crippen LogP contribution >= 0.6 is 0 Å². The predicted molar refractivity (Wildman–Crippen MR) is 74.2 cm³/mol. The number of piperazine rings is 1. The fraction of sp³-hybridized carbons (Fsp3) is 0.500. The molecule has 3 aliphatic rings. The zero-order valence-corrected chi connectivity index (χ0v) is 11.2. The molecule has 1 aromatic rings. The van der Waals surface area contributed by atoms with Gasteiger partial charge in [0.2, 0.25) is 5.82 Å². The summed E-state index contributed by atoms with van der Waals surface area (Å²) < 4.78 is 0. The van der Waals surface area contributed by atoms with Gasteiger partial charge in [-0.05, 0) is 18.9 Å². The van der Waals surface area contributed by atoms with Crippen LogP contribution in [0.4, 0.5) is 22.1 Å². The van der Waals surface area contributed by atoms with Crippen LogP contribution in [0.2, 0.25) is 0 Å². The quantitative estimate of drug-likeness (QED) is 0.612. The number of hydrogen-bond donors (Lipinski definition) is 2. The Morgan fingerprint density at radius 2 is 2.10 bits per heavy atom. The van der Waals surface area contributed by atoms with Crippen molar-refractivity contribution >= 4 is 23.4 Å². The van der Waals surface area contributed by atoms with Crippen LogP contribution in [0.5, 0.6) is 0 Å². The van der Waals surface area contributed by atoms with Gasteiger partial charge in [0.1, 0.15) is 5.82 Å². The molecule has 3 fully saturated rings. The third-order valence-corrected chi connectivity index (χ3v) is 4.15. The zero-order chi connectivity index (χ0) is 15.1. The van der Waals surface area contributed by atoms with Crippen LogP contribution in [-0.4, -0.2) is 51.2 Å². The first-order valence-electron chi connectivity index (χ1n) is 6.64. The smallest absolute Gasteiger partial charge is 0.407 e. The molecule has 9 nitrogen and oxygen atoms in total. The van der Waals surface area contributed by atoms with Gasteiger partial charge in [-0.3, -0.25) is 10.1 Å². The maximum absolute atomic E-state index is 11.2. The summed E-state index contributed by atoms with van der Waals surface area (Å²) in [5, 5.41) is 19.9. The van der Waals surface area contributed by atoms with Gasteiger partial charge in [0.15, 0.2) is 0 Å². The van der Waals surface area contributed by atoms with E-state index in [4.69, 9.17) is 10.8 Å². The molecule has 0 aromatic carbocycles. The van der Waals surface area contributed by atoms with Gasteiger partial charge in [-0.1, -0.05) is 0 Å². The van der Waals surface area contributed by atoms with Gasteiger partial charge in [0, 0.05) is 25.2 Å². The molecule has 2 bridgehead atoms. The molecule has 4 rings (SSSR count). The van der Waals surface area contributed by atoms with Gasteiger partial charge < -0.3 is 20.6 Å². The van der Waals surface area contributed by atoms with Crippen molar-refractivity contribution in [2.75, 3.05) is 23.7 Å². The van der Waals surface area contributed by atoms with Gasteiger partial charge in [-0.15, -0.1) is 0 Å². The Morgan fingerprint density at radius 1 is 1.38 bits per heavy atom. The maximum Gasteiger partial charge on any atom is 0.407 e. The van der Waals surface area contributed by atoms with Crippen molar-refractivity contribution in [1.29, 1.82) is 0 Å². The molecular weight excluding hydrogens is 278 g/mol. The Balaban J connectivity index is 1.85. The third kappa shape index (κ3) is 2.20. The van der Waals surface area contributed by atoms with E-state index in [9.17, 15) is 14.9 Å². The SMILES string of the molecule is Nc1nc(N2C[C@H]3CC[C@@H]2CN3C(=O)O)ccc1[N+](=O)[O-]. The Kier molecular flexibility index (Phi) is 3.04. The molecule has 1 aromatic heterocycles. The number of hydrogen-bond acceptors (Lipinski definition) is 6. The Morgan fingerprint density at radius 3 is 2.62 bits per heavy atom. The number of rotatable bonds is 2. The molecule has 0 unspecified atom stereocenters. The van der Waals surface area contributed by atoms with Crippen molar-refractivity contribution in [2.45, 2.75) is 24.9 Å². The van der Waals surface area contributed by atoms with E-state index in [-0.39, 0.29) is 23.6 Å².